The molecule has 51 heavy (non-hydrogen) atoms. The number of nitrogens with zero attached hydrogens (tertiary/aromatic N) is 2. The number of nitrogens with one attached hydrogen (secondary N) is 3. The molecule has 0 saturated carbocycles. The highest BCUT2D eigenvalue weighted by molar-refractivity contribution is 6.05. The number of hydrogen-bond donors (Lipinski definition) is 7. The summed E-state index contributed by atoms with van der Waals surface area (Å²) in [5.41, 5.74) is 8.73. The van der Waals surface area contributed by atoms with Crippen LogP contribution in [0.4, 0.5) is 17.1 Å². The van der Waals surface area contributed by atoms with Gasteiger partial charge in [-0.15, -0.1) is 0 Å². The molecule has 0 aliphatic carbocycles. The number of nitrogens with two attached hydrogens (primary N) is 2. The Kier molecular flexibility index (Phi) is 13.3. The summed E-state index contributed by atoms with van der Waals surface area (Å²) >= 11 is 0. The van der Waals surface area contributed by atoms with Gasteiger partial charge in [0.05, 0.1) is 23.2 Å². The topological polar surface area (TPSA) is 260 Å². The molecule has 16 heteroatoms. The number of amides is 4. The van der Waals surface area contributed by atoms with Crippen LogP contribution in [0.5, 0.6) is 0 Å². The highest BCUT2D eigenvalue weighted by Gasteiger charge is 2.44. The van der Waals surface area contributed by atoms with E-state index in [1.807, 2.05) is 0 Å². The Bertz CT molecular complexity index is 1770. The fourth-order valence-corrected chi connectivity index (χ4v) is 5.35. The van der Waals surface area contributed by atoms with Crippen molar-refractivity contribution in [3.63, 3.8) is 0 Å². The molecule has 4 amide bonds. The van der Waals surface area contributed by atoms with Gasteiger partial charge in [0.1, 0.15) is 12.1 Å². The first kappa shape index (κ1) is 39.6. The second-order valence-electron chi connectivity index (χ2n) is 12.4. The van der Waals surface area contributed by atoms with E-state index in [4.69, 9.17) is 11.5 Å². The summed E-state index contributed by atoms with van der Waals surface area (Å²) in [4.78, 5) is 77.4. The molecule has 9 N–H and O–H groups in total. The number of non-ortho nitro benzene ring substituents is 1. The standard InChI is InChI=1S/C35H43N7O9/c1-20(2)16-28(40-30(43)19-39-31(44)21(3)38-18-23-10-8-9-13-27(23)36)32(45)41(22(4)33(46)47)29-17-25(42(50)51)14-15-26(29)35(49,34(37)48)24-11-6-5-7-12-24/h5-15,17,20-22,28,38,49H,16,18-19,36H2,1-4H3,(H2,37,48)(H,39,44)(H,40,43)(H,46,47)/t21-,22-,28-,35?/m0/s1. The number of nitro benzene ring substituents is 1. The van der Waals surface area contributed by atoms with Crippen LogP contribution in [0.15, 0.2) is 72.8 Å². The zero-order valence-electron chi connectivity index (χ0n) is 28.7. The van der Waals surface area contributed by atoms with Gasteiger partial charge in [0, 0.05) is 29.9 Å². The molecule has 1 unspecified atom stereocenters. The van der Waals surface area contributed by atoms with Crippen LogP contribution in [0.2, 0.25) is 0 Å². The van der Waals surface area contributed by atoms with Crippen LogP contribution in [-0.2, 0) is 36.1 Å². The van der Waals surface area contributed by atoms with E-state index in [-0.39, 0.29) is 24.4 Å². The van der Waals surface area contributed by atoms with Crippen molar-refractivity contribution in [2.24, 2.45) is 11.7 Å². The van der Waals surface area contributed by atoms with Crippen LogP contribution in [0.1, 0.15) is 50.8 Å². The Morgan fingerprint density at radius 2 is 1.59 bits per heavy atom. The molecule has 0 heterocycles. The number of carboxylic acids is 1. The van der Waals surface area contributed by atoms with Crippen molar-refractivity contribution in [1.82, 2.24) is 16.0 Å². The van der Waals surface area contributed by atoms with E-state index in [9.17, 15) is 44.3 Å². The molecule has 0 saturated heterocycles. The minimum Gasteiger partial charge on any atom is -0.480 e. The third-order valence-electron chi connectivity index (χ3n) is 8.18. The summed E-state index contributed by atoms with van der Waals surface area (Å²) in [5.74, 6) is -5.43. The summed E-state index contributed by atoms with van der Waals surface area (Å²) < 4.78 is 0. The molecular formula is C35H43N7O9. The minimum absolute atomic E-state index is 0.0269. The third kappa shape index (κ3) is 9.64. The van der Waals surface area contributed by atoms with Crippen molar-refractivity contribution in [1.29, 1.82) is 0 Å². The fourth-order valence-electron chi connectivity index (χ4n) is 5.35. The molecule has 16 nitrogen and oxygen atoms in total. The molecule has 0 aliphatic rings. The largest absolute Gasteiger partial charge is 0.480 e. The number of anilines is 2. The van der Waals surface area contributed by atoms with E-state index in [1.54, 1.807) is 51.1 Å². The summed E-state index contributed by atoms with van der Waals surface area (Å²) in [6.07, 6.45) is -0.0269. The quantitative estimate of drug-likeness (QED) is 0.0602. The fraction of sp³-hybridized carbons (Fsp3) is 0.343. The average molecular weight is 706 g/mol. The SMILES string of the molecule is CC(C)C[C@H](NC(=O)CNC(=O)[C@H](C)NCc1ccccc1N)C(=O)N(c1cc([N+](=O)[O-])ccc1C(O)(C(N)=O)c1ccccc1)[C@@H](C)C(=O)O. The number of para-hydroxylation sites is 1. The number of hydrogen-bond acceptors (Lipinski definition) is 10. The molecule has 0 radical (unpaired) electrons. The Morgan fingerprint density at radius 3 is 2.16 bits per heavy atom. The number of aliphatic hydroxyl groups is 1. The molecule has 4 atom stereocenters. The van der Waals surface area contributed by atoms with E-state index in [0.717, 1.165) is 30.7 Å². The van der Waals surface area contributed by atoms with Gasteiger partial charge in [0.25, 0.3) is 11.6 Å². The Labute approximate surface area is 294 Å². The normalized spacial score (nSPS) is 14.0. The molecule has 0 fully saturated rings. The molecule has 3 aromatic rings. The molecule has 0 bridgehead atoms. The lowest BCUT2D eigenvalue weighted by Crippen LogP contribution is -2.56. The van der Waals surface area contributed by atoms with Crippen LogP contribution in [0.25, 0.3) is 0 Å². The van der Waals surface area contributed by atoms with E-state index >= 15 is 0 Å². The second kappa shape index (κ2) is 17.2. The number of nitrogen functional groups attached to an aromatic ring is 1. The molecule has 0 aliphatic heterocycles. The zero-order valence-corrected chi connectivity index (χ0v) is 28.7. The van der Waals surface area contributed by atoms with Gasteiger partial charge in [-0.1, -0.05) is 62.4 Å². The number of carbonyl (C=O) groups is 5. The maximum absolute atomic E-state index is 14.4. The predicted octanol–water partition coefficient (Wildman–Crippen LogP) is 1.53. The van der Waals surface area contributed by atoms with Crippen LogP contribution >= 0.6 is 0 Å². The highest BCUT2D eigenvalue weighted by Crippen LogP contribution is 2.39. The van der Waals surface area contributed by atoms with Crippen molar-refractivity contribution in [3.8, 4) is 0 Å². The molecule has 3 rings (SSSR count). The number of aliphatic carboxylic acids is 1. The van der Waals surface area contributed by atoms with Gasteiger partial charge < -0.3 is 37.6 Å². The maximum atomic E-state index is 14.4. The first-order chi connectivity index (χ1) is 24.0. The Balaban J connectivity index is 1.98. The van der Waals surface area contributed by atoms with Crippen LogP contribution in [0, 0.1) is 16.0 Å². The molecule has 3 aromatic carbocycles. The maximum Gasteiger partial charge on any atom is 0.326 e. The zero-order chi connectivity index (χ0) is 38.0. The van der Waals surface area contributed by atoms with E-state index in [2.05, 4.69) is 16.0 Å². The summed E-state index contributed by atoms with van der Waals surface area (Å²) in [7, 11) is 0. The first-order valence-electron chi connectivity index (χ1n) is 16.0. The third-order valence-corrected chi connectivity index (χ3v) is 8.18. The second-order valence-corrected chi connectivity index (χ2v) is 12.4. The predicted molar refractivity (Wildman–Crippen MR) is 188 cm³/mol. The molecular weight excluding hydrogens is 662 g/mol. The van der Waals surface area contributed by atoms with Crippen molar-refractivity contribution in [2.75, 3.05) is 17.2 Å². The summed E-state index contributed by atoms with van der Waals surface area (Å²) in [5, 5.41) is 41.9. The van der Waals surface area contributed by atoms with Gasteiger partial charge in [-0.3, -0.25) is 34.2 Å². The number of carbonyl (C=O) groups excluding carboxylic acids is 4. The Morgan fingerprint density at radius 1 is 0.961 bits per heavy atom. The number of carboxylic acid groups (broad SMARTS) is 1. The van der Waals surface area contributed by atoms with E-state index < -0.39 is 81.7 Å². The lowest BCUT2D eigenvalue weighted by atomic mass is 9.83. The lowest BCUT2D eigenvalue weighted by molar-refractivity contribution is -0.384. The van der Waals surface area contributed by atoms with Gasteiger partial charge in [-0.05, 0) is 49.4 Å². The lowest BCUT2D eigenvalue weighted by Gasteiger charge is -2.36. The van der Waals surface area contributed by atoms with E-state index in [0.29, 0.717) is 10.6 Å². The minimum atomic E-state index is -2.68. The van der Waals surface area contributed by atoms with Crippen LogP contribution < -0.4 is 32.3 Å². The van der Waals surface area contributed by atoms with Gasteiger partial charge >= 0.3 is 5.97 Å². The van der Waals surface area contributed by atoms with Crippen LogP contribution in [-0.4, -0.2) is 69.4 Å². The average Bonchev–Trinajstić information content (AvgIpc) is 3.09. The van der Waals surface area contributed by atoms with Crippen molar-refractivity contribution in [2.45, 2.75) is 64.4 Å². The number of benzene rings is 3. The number of primary amides is 1. The van der Waals surface area contributed by atoms with Crippen molar-refractivity contribution >= 4 is 46.7 Å². The van der Waals surface area contributed by atoms with Gasteiger partial charge in [0.2, 0.25) is 17.7 Å². The van der Waals surface area contributed by atoms with Crippen molar-refractivity contribution in [3.05, 3.63) is 99.6 Å². The number of nitro groups is 1. The van der Waals surface area contributed by atoms with Crippen LogP contribution in [0.3, 0.4) is 0 Å². The summed E-state index contributed by atoms with van der Waals surface area (Å²) in [6.45, 7) is 5.93. The van der Waals surface area contributed by atoms with E-state index in [1.165, 1.54) is 24.3 Å². The van der Waals surface area contributed by atoms with Gasteiger partial charge in [-0.2, -0.15) is 0 Å². The molecule has 272 valence electrons. The first-order valence-corrected chi connectivity index (χ1v) is 16.0. The number of rotatable bonds is 17. The van der Waals surface area contributed by atoms with Gasteiger partial charge in [0.15, 0.2) is 5.60 Å². The summed E-state index contributed by atoms with van der Waals surface area (Å²) in [6, 6.07) is 13.4. The monoisotopic (exact) mass is 705 g/mol. The molecule has 0 spiro atoms. The highest BCUT2D eigenvalue weighted by atomic mass is 16.6. The Hall–Kier alpha value is -5.87. The smallest absolute Gasteiger partial charge is 0.326 e. The van der Waals surface area contributed by atoms with Crippen molar-refractivity contribution < 1.29 is 39.1 Å². The molecule has 0 aromatic heterocycles. The van der Waals surface area contributed by atoms with Gasteiger partial charge in [-0.25, -0.2) is 4.79 Å².